The van der Waals surface area contributed by atoms with Gasteiger partial charge in [-0.05, 0) is 24.5 Å². The molecule has 2 aromatic heterocycles. The number of nitriles is 2. The minimum Gasteiger partial charge on any atom is -0.372 e. The Morgan fingerprint density at radius 3 is 2.39 bits per heavy atom. The van der Waals surface area contributed by atoms with Crippen molar-refractivity contribution in [3.05, 3.63) is 70.6 Å². The van der Waals surface area contributed by atoms with Crippen molar-refractivity contribution in [1.82, 2.24) is 15.0 Å². The van der Waals surface area contributed by atoms with E-state index in [0.29, 0.717) is 28.4 Å². The van der Waals surface area contributed by atoms with Crippen molar-refractivity contribution in [3.63, 3.8) is 0 Å². The number of rotatable bonds is 7. The number of nitrogens with zero attached hydrogens (tertiary/aromatic N) is 6. The van der Waals surface area contributed by atoms with Crippen LogP contribution in [0.2, 0.25) is 0 Å². The largest absolute Gasteiger partial charge is 0.372 e. The van der Waals surface area contributed by atoms with Crippen LogP contribution in [0.1, 0.15) is 46.9 Å². The fourth-order valence-electron chi connectivity index (χ4n) is 4.14. The maximum Gasteiger partial charge on any atom is 0.204 e. The van der Waals surface area contributed by atoms with Crippen molar-refractivity contribution >= 4 is 24.0 Å². The third-order valence-corrected chi connectivity index (χ3v) is 7.09. The molecular formula is C26H29N7O2S. The summed E-state index contributed by atoms with van der Waals surface area (Å²) in [5.41, 5.74) is 8.24. The van der Waals surface area contributed by atoms with Gasteiger partial charge in [-0.25, -0.2) is 4.98 Å². The first-order chi connectivity index (χ1) is 17.6. The van der Waals surface area contributed by atoms with Crippen LogP contribution in [0.4, 0.5) is 5.82 Å². The van der Waals surface area contributed by atoms with Crippen LogP contribution in [0.3, 0.4) is 0 Å². The average Bonchev–Trinajstić information content (AvgIpc) is 3.42. The van der Waals surface area contributed by atoms with E-state index in [1.807, 2.05) is 25.1 Å². The molecule has 10 heteroatoms. The zero-order chi connectivity index (χ0) is 25.9. The summed E-state index contributed by atoms with van der Waals surface area (Å²) < 4.78 is 4.94. The number of carbonyl (C=O) groups excluding carboxylic acids is 1. The van der Waals surface area contributed by atoms with Crippen molar-refractivity contribution in [1.29, 1.82) is 10.5 Å². The summed E-state index contributed by atoms with van der Waals surface area (Å²) in [5, 5.41) is 24.6. The highest BCUT2D eigenvalue weighted by Gasteiger charge is 2.26. The van der Waals surface area contributed by atoms with E-state index < -0.39 is 0 Å². The van der Waals surface area contributed by atoms with E-state index in [0.717, 1.165) is 43.9 Å². The number of aromatic nitrogens is 2. The second-order valence-electron chi connectivity index (χ2n) is 8.15. The highest BCUT2D eigenvalue weighted by molar-refractivity contribution is 7.99. The van der Waals surface area contributed by atoms with E-state index in [-0.39, 0.29) is 11.7 Å². The summed E-state index contributed by atoms with van der Waals surface area (Å²) in [6.45, 7) is 8.13. The number of primary amides is 1. The smallest absolute Gasteiger partial charge is 0.204 e. The number of anilines is 1. The van der Waals surface area contributed by atoms with Crippen LogP contribution in [0.5, 0.6) is 0 Å². The summed E-state index contributed by atoms with van der Waals surface area (Å²) in [6, 6.07) is 14.9. The zero-order valence-corrected chi connectivity index (χ0v) is 21.2. The number of hydrogen-bond donors (Lipinski definition) is 1. The molecule has 0 aliphatic carbocycles. The van der Waals surface area contributed by atoms with E-state index in [2.05, 4.69) is 51.9 Å². The molecule has 4 rings (SSSR count). The monoisotopic (exact) mass is 503 g/mol. The summed E-state index contributed by atoms with van der Waals surface area (Å²) in [6.07, 6.45) is 4.28. The fraction of sp³-hybridized carbons (Fsp3) is 0.346. The van der Waals surface area contributed by atoms with Crippen LogP contribution < -0.4 is 10.6 Å². The first-order valence-electron chi connectivity index (χ1n) is 11.7. The van der Waals surface area contributed by atoms with Gasteiger partial charge < -0.3 is 15.2 Å². The Bertz CT molecular complexity index is 1210. The molecule has 0 saturated carbocycles. The van der Waals surface area contributed by atoms with Gasteiger partial charge in [0.1, 0.15) is 29.2 Å². The second kappa shape index (κ2) is 13.3. The topological polar surface area (TPSA) is 136 Å². The lowest BCUT2D eigenvalue weighted by atomic mass is 10.0. The summed E-state index contributed by atoms with van der Waals surface area (Å²) in [5.74, 6) is 0.695. The molecule has 1 amide bonds. The van der Waals surface area contributed by atoms with Gasteiger partial charge in [-0.3, -0.25) is 9.69 Å². The molecule has 186 valence electrons. The lowest BCUT2D eigenvalue weighted by Crippen LogP contribution is -2.46. The number of carbonyl (C=O) groups is 1. The first kappa shape index (κ1) is 26.7. The molecule has 0 bridgehead atoms. The third kappa shape index (κ3) is 6.42. The number of hydrogen-bond acceptors (Lipinski definition) is 9. The lowest BCUT2D eigenvalue weighted by molar-refractivity contribution is -0.106. The minimum atomic E-state index is 0.136. The quantitative estimate of drug-likeness (QED) is 0.378. The summed E-state index contributed by atoms with van der Waals surface area (Å²) in [7, 11) is 0. The van der Waals surface area contributed by atoms with E-state index in [1.54, 1.807) is 24.2 Å². The van der Waals surface area contributed by atoms with E-state index in [4.69, 9.17) is 14.3 Å². The number of nitrogens with two attached hydrogens (primary N) is 1. The van der Waals surface area contributed by atoms with Crippen LogP contribution >= 0.6 is 11.8 Å². The Hall–Kier alpha value is -3.86. The van der Waals surface area contributed by atoms with Crippen LogP contribution in [0.15, 0.2) is 52.3 Å². The fourth-order valence-corrected chi connectivity index (χ4v) is 5.19. The molecule has 2 N–H and O–H groups in total. The van der Waals surface area contributed by atoms with Gasteiger partial charge in [-0.15, -0.1) is 0 Å². The van der Waals surface area contributed by atoms with Gasteiger partial charge in [-0.2, -0.15) is 10.5 Å². The van der Waals surface area contributed by atoms with Gasteiger partial charge in [0, 0.05) is 43.5 Å². The second-order valence-corrected chi connectivity index (χ2v) is 9.48. The van der Waals surface area contributed by atoms with E-state index in [1.165, 1.54) is 5.56 Å². The van der Waals surface area contributed by atoms with Gasteiger partial charge in [0.05, 0.1) is 17.3 Å². The molecule has 1 aliphatic rings. The standard InChI is InChI=1S/C25H26N6OS.CH3NO/c1-3-21-22(13-26)24(31-11-9-30(10-12-31)16-19-15-28-32-17-19)29-25(23(21)14-27)33-18(2)20-7-5-4-6-8-20;2-1-3/h4-8,15,17-18H,3,9-12,16H2,1-2H3;1H,(H2,2,3). The normalized spacial score (nSPS) is 14.2. The number of benzene rings is 1. The highest BCUT2D eigenvalue weighted by Crippen LogP contribution is 2.39. The molecule has 1 aromatic carbocycles. The Morgan fingerprint density at radius 1 is 1.17 bits per heavy atom. The number of amides is 1. The molecule has 1 saturated heterocycles. The minimum absolute atomic E-state index is 0.136. The zero-order valence-electron chi connectivity index (χ0n) is 20.4. The summed E-state index contributed by atoms with van der Waals surface area (Å²) >= 11 is 1.58. The predicted octanol–water partition coefficient (Wildman–Crippen LogP) is 3.65. The molecule has 0 radical (unpaired) electrons. The van der Waals surface area contributed by atoms with Crippen LogP contribution in [-0.4, -0.2) is 47.6 Å². The van der Waals surface area contributed by atoms with Gasteiger partial charge in [-0.1, -0.05) is 54.2 Å². The molecule has 1 fully saturated rings. The molecule has 9 nitrogen and oxygen atoms in total. The third-order valence-electron chi connectivity index (χ3n) is 5.94. The Balaban J connectivity index is 0.00000115. The van der Waals surface area contributed by atoms with Gasteiger partial charge in [0.15, 0.2) is 0 Å². The van der Waals surface area contributed by atoms with Crippen LogP contribution in [-0.2, 0) is 17.8 Å². The van der Waals surface area contributed by atoms with Crippen LogP contribution in [0.25, 0.3) is 0 Å². The average molecular weight is 504 g/mol. The first-order valence-corrected chi connectivity index (χ1v) is 12.5. The predicted molar refractivity (Wildman–Crippen MR) is 138 cm³/mol. The number of thioether (sulfide) groups is 1. The Labute approximate surface area is 215 Å². The Kier molecular flexibility index (Phi) is 9.87. The van der Waals surface area contributed by atoms with E-state index >= 15 is 0 Å². The number of piperazine rings is 1. The van der Waals surface area contributed by atoms with Crippen molar-refractivity contribution in [3.8, 4) is 12.1 Å². The van der Waals surface area contributed by atoms with E-state index in [9.17, 15) is 10.5 Å². The molecule has 3 aromatic rings. The van der Waals surface area contributed by atoms with Gasteiger partial charge >= 0.3 is 0 Å². The number of pyridine rings is 1. The molecule has 1 atom stereocenters. The molecule has 36 heavy (non-hydrogen) atoms. The highest BCUT2D eigenvalue weighted by atomic mass is 32.2. The van der Waals surface area contributed by atoms with Gasteiger partial charge in [0.2, 0.25) is 6.41 Å². The maximum absolute atomic E-state index is 9.99. The van der Waals surface area contributed by atoms with Crippen molar-refractivity contribution in [2.75, 3.05) is 31.1 Å². The summed E-state index contributed by atoms with van der Waals surface area (Å²) in [4.78, 5) is 18.0. The van der Waals surface area contributed by atoms with Crippen molar-refractivity contribution in [2.45, 2.75) is 37.1 Å². The van der Waals surface area contributed by atoms with Gasteiger partial charge in [0.25, 0.3) is 0 Å². The molecular weight excluding hydrogens is 474 g/mol. The van der Waals surface area contributed by atoms with Crippen molar-refractivity contribution in [2.24, 2.45) is 5.73 Å². The molecule has 1 unspecified atom stereocenters. The van der Waals surface area contributed by atoms with Crippen LogP contribution in [0, 0.1) is 22.7 Å². The molecule has 3 heterocycles. The molecule has 0 spiro atoms. The maximum atomic E-state index is 9.99. The Morgan fingerprint density at radius 2 is 1.83 bits per heavy atom. The SMILES string of the molecule is CCc1c(C#N)c(SC(C)c2ccccc2)nc(N2CCN(Cc3cnoc3)CC2)c1C#N.NC=O. The lowest BCUT2D eigenvalue weighted by Gasteiger charge is -2.36. The van der Waals surface area contributed by atoms with Crippen molar-refractivity contribution < 1.29 is 9.32 Å². The molecule has 1 aliphatic heterocycles.